The Labute approximate surface area is 641 Å². The van der Waals surface area contributed by atoms with Crippen LogP contribution in [0.4, 0.5) is 0 Å². The lowest BCUT2D eigenvalue weighted by molar-refractivity contribution is 0.00578. The summed E-state index contributed by atoms with van der Waals surface area (Å²) in [7, 11) is -0.369. The zero-order chi connectivity index (χ0) is 73.1. The molecule has 0 atom stereocenters. The molecule has 12 heteroatoms. The number of hydrogen-bond acceptors (Lipinski definition) is 10. The van der Waals surface area contributed by atoms with Gasteiger partial charge in [0.2, 0.25) is 0 Å². The van der Waals surface area contributed by atoms with E-state index in [1.807, 2.05) is 168 Å². The van der Waals surface area contributed by atoms with E-state index in [-0.39, 0.29) is 18.3 Å². The third kappa shape index (κ3) is 14.2. The maximum atomic E-state index is 6.42. The average molecular weight is 1450 g/mol. The summed E-state index contributed by atoms with van der Waals surface area (Å²) in [5.74, 6) is 3.91. The van der Waals surface area contributed by atoms with Gasteiger partial charge in [-0.2, -0.15) is 0 Å². The van der Waals surface area contributed by atoms with E-state index in [2.05, 4.69) is 249 Å². The van der Waals surface area contributed by atoms with Crippen LogP contribution in [0, 0.1) is 0 Å². The van der Waals surface area contributed by atoms with Crippen LogP contribution in [-0.2, 0) is 9.31 Å². The van der Waals surface area contributed by atoms with Crippen LogP contribution in [0.3, 0.4) is 0 Å². The number of benzene rings is 14. The molecule has 0 spiro atoms. The van der Waals surface area contributed by atoms with Crippen LogP contribution >= 0.6 is 34.3 Å². The number of aromatic nitrogens is 6. The van der Waals surface area contributed by atoms with Gasteiger partial charge in [0.05, 0.1) is 11.2 Å². The van der Waals surface area contributed by atoms with Crippen LogP contribution in [0.1, 0.15) is 27.7 Å². The van der Waals surface area contributed by atoms with E-state index in [0.717, 1.165) is 44.4 Å². The smallest absolute Gasteiger partial charge is 0.399 e. The Balaban J connectivity index is 0.000000126. The molecule has 108 heavy (non-hydrogen) atoms. The van der Waals surface area contributed by atoms with Gasteiger partial charge in [-0.15, -0.1) is 22.7 Å². The maximum absolute atomic E-state index is 6.42. The maximum Gasteiger partial charge on any atom is 0.496 e. The van der Waals surface area contributed by atoms with Gasteiger partial charge in [-0.3, -0.25) is 0 Å². The topological polar surface area (TPSA) is 95.8 Å². The van der Waals surface area contributed by atoms with E-state index in [1.54, 1.807) is 0 Å². The van der Waals surface area contributed by atoms with Crippen molar-refractivity contribution < 1.29 is 9.31 Å². The Hall–Kier alpha value is -12.2. The van der Waals surface area contributed by atoms with Crippen LogP contribution in [0.25, 0.3) is 164 Å². The van der Waals surface area contributed by atoms with Crippen molar-refractivity contribution in [2.75, 3.05) is 0 Å². The fourth-order valence-electron chi connectivity index (χ4n) is 13.8. The lowest BCUT2D eigenvalue weighted by Crippen LogP contribution is -2.41. The van der Waals surface area contributed by atoms with Gasteiger partial charge in [0.15, 0.2) is 34.9 Å². The van der Waals surface area contributed by atoms with Crippen molar-refractivity contribution in [3.63, 3.8) is 0 Å². The quantitative estimate of drug-likeness (QED) is 0.112. The minimum atomic E-state index is -0.369. The summed E-state index contributed by atoms with van der Waals surface area (Å²) in [5, 5.41) is 5.78. The van der Waals surface area contributed by atoms with Gasteiger partial charge in [-0.1, -0.05) is 327 Å². The van der Waals surface area contributed by atoms with E-state index in [1.165, 1.54) is 90.4 Å². The van der Waals surface area contributed by atoms with Gasteiger partial charge in [0.25, 0.3) is 0 Å². The molecule has 1 saturated heterocycles. The van der Waals surface area contributed by atoms with E-state index in [9.17, 15) is 0 Å². The minimum Gasteiger partial charge on any atom is -0.399 e. The summed E-state index contributed by atoms with van der Waals surface area (Å²) < 4.78 is 18.0. The highest BCUT2D eigenvalue weighted by molar-refractivity contribution is 7.27. The van der Waals surface area contributed by atoms with E-state index >= 15 is 0 Å². The highest BCUT2D eigenvalue weighted by atomic mass is 35.5. The van der Waals surface area contributed by atoms with E-state index in [0.29, 0.717) is 40.0 Å². The fourth-order valence-corrected chi connectivity index (χ4v) is 16.6. The van der Waals surface area contributed by atoms with Crippen molar-refractivity contribution in [2.24, 2.45) is 0 Å². The summed E-state index contributed by atoms with van der Waals surface area (Å²) in [6.07, 6.45) is 0. The SMILES string of the molecule is CC1(C)OB(c2cccc3c2sc2c(-c4cccc(-c5ccccc5)c4)cccc23)OC1(C)C.Clc1ccc(-c2nc(-c3ccccc3)nc(-c3ccccc3)n2)cc1.c1ccc(-c2cccc(-c3cccc4c3sc3c(-c5ccc(-c6nc(-c7ccccc7)nc(-c7ccccc7)n6)cc5)cccc34)c2)cc1. The first kappa shape index (κ1) is 68.9. The van der Waals surface area contributed by atoms with Crippen LogP contribution in [0.2, 0.25) is 5.02 Å². The van der Waals surface area contributed by atoms with Gasteiger partial charge >= 0.3 is 7.12 Å². The van der Waals surface area contributed by atoms with Crippen molar-refractivity contribution in [3.8, 4) is 124 Å². The van der Waals surface area contributed by atoms with E-state index in [4.69, 9.17) is 35.9 Å². The number of nitrogens with zero attached hydrogens (tertiary/aromatic N) is 6. The third-order valence-electron chi connectivity index (χ3n) is 20.1. The Morgan fingerprint density at radius 1 is 0.241 bits per heavy atom. The monoisotopic (exact) mass is 1450 g/mol. The molecule has 19 rings (SSSR count). The number of thiophene rings is 2. The summed E-state index contributed by atoms with van der Waals surface area (Å²) in [5.41, 5.74) is 18.4. The molecule has 1 aliphatic rings. The predicted octanol–water partition coefficient (Wildman–Crippen LogP) is 25.5. The molecule has 18 aromatic rings. The first-order valence-electron chi connectivity index (χ1n) is 36.1. The molecule has 5 heterocycles. The first-order valence-corrected chi connectivity index (χ1v) is 38.1. The van der Waals surface area contributed by atoms with Crippen LogP contribution in [0.5, 0.6) is 0 Å². The standard InChI is InChI=1S/C45H29N3S.C30H27BO2S.C21H14ClN3/c1-4-13-30(14-5-1)35-19-10-20-36(29-35)38-22-12-24-40-39-23-11-21-37(41(39)49-42(38)40)31-25-27-34(28-26-31)45-47-43(32-15-6-2-7-16-32)46-44(48-45)33-17-8-3-9-18-33;1-29(2)30(3,4)33-31(32-29)26-18-10-17-25-24-16-9-15-23(27(24)34-28(25)26)22-14-8-13-21(19-22)20-11-6-5-7-12-20;22-18-13-11-17(12-14-18)21-24-19(15-7-3-1-4-8-15)23-20(25-21)16-9-5-2-6-10-16/h1-29H;5-19H,1-4H3;1-14H. The molecule has 0 bridgehead atoms. The fraction of sp³-hybridized carbons (Fsp3) is 0.0625. The Morgan fingerprint density at radius 2 is 0.491 bits per heavy atom. The molecule has 1 aliphatic heterocycles. The summed E-state index contributed by atoms with van der Waals surface area (Å²) >= 11 is 9.71. The molecule has 0 saturated carbocycles. The molecule has 0 unspecified atom stereocenters. The van der Waals surface area contributed by atoms with Crippen molar-refractivity contribution >= 4 is 87.2 Å². The first-order chi connectivity index (χ1) is 52.9. The molecule has 4 aromatic heterocycles. The molecule has 0 radical (unpaired) electrons. The molecule has 518 valence electrons. The largest absolute Gasteiger partial charge is 0.496 e. The highest BCUT2D eigenvalue weighted by Crippen LogP contribution is 2.46. The molecule has 0 aliphatic carbocycles. The summed E-state index contributed by atoms with van der Waals surface area (Å²) in [4.78, 5) is 28.7. The molecule has 0 N–H and O–H groups in total. The Bertz CT molecular complexity index is 6120. The predicted molar refractivity (Wildman–Crippen MR) is 452 cm³/mol. The zero-order valence-electron chi connectivity index (χ0n) is 59.8. The lowest BCUT2D eigenvalue weighted by Gasteiger charge is -2.32. The van der Waals surface area contributed by atoms with E-state index < -0.39 is 0 Å². The lowest BCUT2D eigenvalue weighted by atomic mass is 9.78. The van der Waals surface area contributed by atoms with Crippen LogP contribution < -0.4 is 5.46 Å². The summed E-state index contributed by atoms with van der Waals surface area (Å²) in [6.45, 7) is 8.43. The third-order valence-corrected chi connectivity index (χ3v) is 22.9. The normalized spacial score (nSPS) is 12.9. The average Bonchev–Trinajstić information content (AvgIpc) is 1.59. The second-order valence-electron chi connectivity index (χ2n) is 27.6. The van der Waals surface area contributed by atoms with Gasteiger partial charge in [0, 0.05) is 78.8 Å². The van der Waals surface area contributed by atoms with Gasteiger partial charge in [-0.25, -0.2) is 29.9 Å². The van der Waals surface area contributed by atoms with Crippen molar-refractivity contribution in [3.05, 3.63) is 357 Å². The second kappa shape index (κ2) is 30.0. The van der Waals surface area contributed by atoms with Crippen LogP contribution in [-0.4, -0.2) is 48.2 Å². The Morgan fingerprint density at radius 3 is 0.843 bits per heavy atom. The molecule has 8 nitrogen and oxygen atoms in total. The van der Waals surface area contributed by atoms with Gasteiger partial charge in [-0.05, 0) is 125 Å². The van der Waals surface area contributed by atoms with Gasteiger partial charge in [0.1, 0.15) is 0 Å². The number of rotatable bonds is 12. The summed E-state index contributed by atoms with van der Waals surface area (Å²) in [6, 6.07) is 121. The minimum absolute atomic E-state index is 0.362. The number of hydrogen-bond donors (Lipinski definition) is 0. The van der Waals surface area contributed by atoms with Crippen molar-refractivity contribution in [2.45, 2.75) is 38.9 Å². The Kier molecular flexibility index (Phi) is 19.1. The highest BCUT2D eigenvalue weighted by Gasteiger charge is 2.52. The number of fused-ring (bicyclic) bond motifs is 6. The molecule has 14 aromatic carbocycles. The number of halogens is 1. The van der Waals surface area contributed by atoms with Crippen LogP contribution in [0.15, 0.2) is 352 Å². The van der Waals surface area contributed by atoms with Gasteiger partial charge < -0.3 is 9.31 Å². The zero-order valence-corrected chi connectivity index (χ0v) is 62.1. The van der Waals surface area contributed by atoms with Crippen molar-refractivity contribution in [1.29, 1.82) is 0 Å². The molecular formula is C96H70BClN6O2S2. The molecule has 1 fully saturated rings. The molecular weight excluding hydrogens is 1380 g/mol. The molecule has 0 amide bonds. The second-order valence-corrected chi connectivity index (χ2v) is 30.1. The van der Waals surface area contributed by atoms with Crippen molar-refractivity contribution in [1.82, 2.24) is 29.9 Å².